The van der Waals surface area contributed by atoms with Crippen molar-refractivity contribution in [1.29, 1.82) is 5.26 Å². The topological polar surface area (TPSA) is 70.0 Å². The van der Waals surface area contributed by atoms with E-state index in [0.717, 1.165) is 6.42 Å². The summed E-state index contributed by atoms with van der Waals surface area (Å²) >= 11 is 5.88. The minimum absolute atomic E-state index is 0.107. The maximum atomic E-state index is 12.2. The Bertz CT molecular complexity index is 632. The molecule has 2 rings (SSSR count). The van der Waals surface area contributed by atoms with Crippen molar-refractivity contribution in [1.82, 2.24) is 4.72 Å². The minimum atomic E-state index is -3.55. The van der Waals surface area contributed by atoms with Crippen LogP contribution >= 0.6 is 11.6 Å². The maximum absolute atomic E-state index is 12.2. The van der Waals surface area contributed by atoms with Crippen LogP contribution in [0.3, 0.4) is 0 Å². The molecule has 0 saturated heterocycles. The van der Waals surface area contributed by atoms with Gasteiger partial charge in [-0.25, -0.2) is 13.1 Å². The molecule has 0 radical (unpaired) electrons. The molecular formula is C15H19ClN2O2S. The molecule has 1 aliphatic carbocycles. The van der Waals surface area contributed by atoms with Crippen molar-refractivity contribution in [3.8, 4) is 6.07 Å². The van der Waals surface area contributed by atoms with Gasteiger partial charge in [-0.05, 0) is 30.5 Å². The quantitative estimate of drug-likeness (QED) is 0.900. The van der Waals surface area contributed by atoms with Gasteiger partial charge in [0.05, 0.1) is 15.5 Å². The van der Waals surface area contributed by atoms with Crippen LogP contribution in [0.5, 0.6) is 0 Å². The second kappa shape index (κ2) is 7.26. The lowest BCUT2D eigenvalue weighted by atomic mass is 9.87. The predicted molar refractivity (Wildman–Crippen MR) is 82.5 cm³/mol. The number of halogens is 1. The van der Waals surface area contributed by atoms with Crippen LogP contribution in [0.2, 0.25) is 5.02 Å². The van der Waals surface area contributed by atoms with Crippen LogP contribution in [-0.4, -0.2) is 15.0 Å². The molecule has 4 nitrogen and oxygen atoms in total. The van der Waals surface area contributed by atoms with Crippen LogP contribution in [0.4, 0.5) is 0 Å². The number of hydrogen-bond acceptors (Lipinski definition) is 3. The van der Waals surface area contributed by atoms with Gasteiger partial charge in [-0.2, -0.15) is 5.26 Å². The number of rotatable bonds is 5. The smallest absolute Gasteiger partial charge is 0.211 e. The van der Waals surface area contributed by atoms with Crippen molar-refractivity contribution >= 4 is 21.6 Å². The highest BCUT2D eigenvalue weighted by Crippen LogP contribution is 2.26. The van der Waals surface area contributed by atoms with Crippen molar-refractivity contribution in [3.63, 3.8) is 0 Å². The summed E-state index contributed by atoms with van der Waals surface area (Å²) in [5.74, 6) is 0.631. The molecule has 0 bridgehead atoms. The van der Waals surface area contributed by atoms with Gasteiger partial charge in [0.1, 0.15) is 6.07 Å². The highest BCUT2D eigenvalue weighted by Gasteiger charge is 2.17. The number of benzene rings is 1. The molecule has 0 amide bonds. The molecule has 1 saturated carbocycles. The van der Waals surface area contributed by atoms with E-state index < -0.39 is 10.0 Å². The van der Waals surface area contributed by atoms with E-state index in [9.17, 15) is 8.42 Å². The zero-order valence-corrected chi connectivity index (χ0v) is 13.4. The zero-order valence-electron chi connectivity index (χ0n) is 11.8. The van der Waals surface area contributed by atoms with Gasteiger partial charge in [-0.1, -0.05) is 43.7 Å². The van der Waals surface area contributed by atoms with Gasteiger partial charge < -0.3 is 0 Å². The van der Waals surface area contributed by atoms with Crippen molar-refractivity contribution in [2.24, 2.45) is 5.92 Å². The first-order valence-corrected chi connectivity index (χ1v) is 9.08. The Kier molecular flexibility index (Phi) is 5.63. The summed E-state index contributed by atoms with van der Waals surface area (Å²) in [5, 5.41) is 8.96. The van der Waals surface area contributed by atoms with E-state index in [1.165, 1.54) is 50.3 Å². The Hall–Kier alpha value is -1.09. The van der Waals surface area contributed by atoms with Crippen LogP contribution in [0, 0.1) is 17.2 Å². The molecule has 0 aliphatic heterocycles. The normalized spacial score (nSPS) is 16.6. The average Bonchev–Trinajstić information content (AvgIpc) is 2.48. The molecule has 0 atom stereocenters. The van der Waals surface area contributed by atoms with E-state index in [4.69, 9.17) is 16.9 Å². The van der Waals surface area contributed by atoms with Crippen molar-refractivity contribution in [3.05, 3.63) is 28.8 Å². The van der Waals surface area contributed by atoms with Gasteiger partial charge in [0.15, 0.2) is 0 Å². The molecule has 0 unspecified atom stereocenters. The SMILES string of the molecule is N#Cc1ccc(S(=O)(=O)NCCC2CCCCC2)cc1Cl. The lowest BCUT2D eigenvalue weighted by Gasteiger charge is -2.21. The van der Waals surface area contributed by atoms with E-state index >= 15 is 0 Å². The van der Waals surface area contributed by atoms with Crippen LogP contribution in [0.15, 0.2) is 23.1 Å². The summed E-state index contributed by atoms with van der Waals surface area (Å²) in [4.78, 5) is 0.107. The molecular weight excluding hydrogens is 308 g/mol. The van der Waals surface area contributed by atoms with Crippen molar-refractivity contribution in [2.45, 2.75) is 43.4 Å². The van der Waals surface area contributed by atoms with Gasteiger partial charge in [0.25, 0.3) is 0 Å². The standard InChI is InChI=1S/C15H19ClN2O2S/c16-15-10-14(7-6-13(15)11-17)21(19,20)18-9-8-12-4-2-1-3-5-12/h6-7,10,12,18H,1-5,8-9H2. The van der Waals surface area contributed by atoms with Gasteiger partial charge >= 0.3 is 0 Å². The van der Waals surface area contributed by atoms with Crippen molar-refractivity contribution in [2.75, 3.05) is 6.54 Å². The number of nitriles is 1. The Balaban J connectivity index is 1.95. The first-order chi connectivity index (χ1) is 10.0. The second-order valence-corrected chi connectivity index (χ2v) is 7.62. The average molecular weight is 327 g/mol. The van der Waals surface area contributed by atoms with Crippen molar-refractivity contribution < 1.29 is 8.42 Å². The third-order valence-electron chi connectivity index (χ3n) is 3.94. The molecule has 114 valence electrons. The highest BCUT2D eigenvalue weighted by molar-refractivity contribution is 7.89. The zero-order chi connectivity index (χ0) is 15.3. The van der Waals surface area contributed by atoms with E-state index in [-0.39, 0.29) is 15.5 Å². The second-order valence-electron chi connectivity index (χ2n) is 5.44. The molecule has 0 spiro atoms. The Morgan fingerprint density at radius 2 is 2.00 bits per heavy atom. The summed E-state index contributed by atoms with van der Waals surface area (Å²) in [6, 6.07) is 6.07. The van der Waals surface area contributed by atoms with Gasteiger partial charge in [-0.15, -0.1) is 0 Å². The molecule has 0 heterocycles. The van der Waals surface area contributed by atoms with Crippen LogP contribution in [0.1, 0.15) is 44.1 Å². The fourth-order valence-electron chi connectivity index (χ4n) is 2.71. The molecule has 1 fully saturated rings. The van der Waals surface area contributed by atoms with Gasteiger partial charge in [0.2, 0.25) is 10.0 Å². The summed E-state index contributed by atoms with van der Waals surface area (Å²) in [6.07, 6.45) is 7.08. The third kappa shape index (κ3) is 4.44. The number of hydrogen-bond donors (Lipinski definition) is 1. The van der Waals surface area contributed by atoms with Gasteiger partial charge in [0, 0.05) is 6.54 Å². The van der Waals surface area contributed by atoms with E-state index in [0.29, 0.717) is 12.5 Å². The van der Waals surface area contributed by atoms with Gasteiger partial charge in [-0.3, -0.25) is 0 Å². The summed E-state index contributed by atoms with van der Waals surface area (Å²) in [5.41, 5.74) is 0.276. The molecule has 1 aliphatic rings. The van der Waals surface area contributed by atoms with E-state index in [1.54, 1.807) is 0 Å². The first-order valence-electron chi connectivity index (χ1n) is 7.22. The molecule has 1 N–H and O–H groups in total. The lowest BCUT2D eigenvalue weighted by Crippen LogP contribution is -2.26. The van der Waals surface area contributed by atoms with E-state index in [2.05, 4.69) is 4.72 Å². The Morgan fingerprint density at radius 3 is 2.62 bits per heavy atom. The maximum Gasteiger partial charge on any atom is 0.240 e. The predicted octanol–water partition coefficient (Wildman–Crippen LogP) is 3.46. The number of nitrogens with zero attached hydrogens (tertiary/aromatic N) is 1. The highest BCUT2D eigenvalue weighted by atomic mass is 35.5. The molecule has 6 heteroatoms. The molecule has 0 aromatic heterocycles. The third-order valence-corrected chi connectivity index (χ3v) is 5.71. The summed E-state index contributed by atoms with van der Waals surface area (Å²) in [6.45, 7) is 0.449. The Morgan fingerprint density at radius 1 is 1.29 bits per heavy atom. The molecule has 1 aromatic rings. The number of sulfonamides is 1. The summed E-state index contributed by atoms with van der Waals surface area (Å²) in [7, 11) is -3.55. The monoisotopic (exact) mass is 326 g/mol. The molecule has 1 aromatic carbocycles. The van der Waals surface area contributed by atoms with Crippen LogP contribution in [-0.2, 0) is 10.0 Å². The Labute approximate surface area is 131 Å². The largest absolute Gasteiger partial charge is 0.240 e. The fraction of sp³-hybridized carbons (Fsp3) is 0.533. The minimum Gasteiger partial charge on any atom is -0.211 e. The van der Waals surface area contributed by atoms with Crippen LogP contribution in [0.25, 0.3) is 0 Å². The summed E-state index contributed by atoms with van der Waals surface area (Å²) < 4.78 is 27.0. The fourth-order valence-corrected chi connectivity index (χ4v) is 4.07. The van der Waals surface area contributed by atoms with Crippen LogP contribution < -0.4 is 4.72 Å². The van der Waals surface area contributed by atoms with E-state index in [1.807, 2.05) is 6.07 Å². The number of nitrogens with one attached hydrogen (secondary N) is 1. The lowest BCUT2D eigenvalue weighted by molar-refractivity contribution is 0.339. The molecule has 21 heavy (non-hydrogen) atoms. The first kappa shape index (κ1) is 16.3.